The second-order valence-corrected chi connectivity index (χ2v) is 7.90. The van der Waals surface area contributed by atoms with Gasteiger partial charge in [0.15, 0.2) is 0 Å². The highest BCUT2D eigenvalue weighted by molar-refractivity contribution is 5.92. The first-order valence-corrected chi connectivity index (χ1v) is 10.5. The van der Waals surface area contributed by atoms with Gasteiger partial charge >= 0.3 is 0 Å². The van der Waals surface area contributed by atoms with Crippen LogP contribution in [0.2, 0.25) is 0 Å². The number of amides is 2. The number of anilines is 1. The van der Waals surface area contributed by atoms with E-state index in [0.717, 1.165) is 24.1 Å². The highest BCUT2D eigenvalue weighted by Crippen LogP contribution is 2.23. The lowest BCUT2D eigenvalue weighted by atomic mass is 9.96. The molecule has 4 rings (SSSR count). The smallest absolute Gasteiger partial charge is 0.230 e. The van der Waals surface area contributed by atoms with E-state index >= 15 is 0 Å². The quantitative estimate of drug-likeness (QED) is 0.681. The average molecular weight is 418 g/mol. The molecular formula is C24H26N4O3. The maximum atomic E-state index is 12.9. The molecule has 1 aliphatic rings. The molecule has 7 nitrogen and oxygen atoms in total. The molecule has 3 heterocycles. The summed E-state index contributed by atoms with van der Waals surface area (Å²) >= 11 is 0. The molecule has 2 aromatic heterocycles. The summed E-state index contributed by atoms with van der Waals surface area (Å²) in [6, 6.07) is 15.1. The van der Waals surface area contributed by atoms with Gasteiger partial charge in [0, 0.05) is 24.3 Å². The van der Waals surface area contributed by atoms with Crippen LogP contribution in [0.5, 0.6) is 0 Å². The number of oxazole rings is 1. The maximum Gasteiger partial charge on any atom is 0.230 e. The van der Waals surface area contributed by atoms with Gasteiger partial charge in [-0.2, -0.15) is 0 Å². The molecule has 1 N–H and O–H groups in total. The summed E-state index contributed by atoms with van der Waals surface area (Å²) in [5.41, 5.74) is 2.36. The number of likely N-dealkylation sites (tertiary alicyclic amines) is 1. The lowest BCUT2D eigenvalue weighted by molar-refractivity contribution is -0.134. The van der Waals surface area contributed by atoms with Crippen LogP contribution in [0.3, 0.4) is 0 Å². The van der Waals surface area contributed by atoms with Crippen LogP contribution in [0.15, 0.2) is 52.9 Å². The van der Waals surface area contributed by atoms with Gasteiger partial charge in [-0.15, -0.1) is 0 Å². The standard InChI is InChI=1S/C24H26N4O3/c1-16-8-6-12-21(25-16)27-23(30)19-11-7-13-28(15-19)22(29)14-20-17(2)31-24(26-20)18-9-4-3-5-10-18/h3-6,8-10,12,19H,7,11,13-15H2,1-2H3,(H,25,27,30). The molecule has 1 aliphatic heterocycles. The number of aromatic nitrogens is 2. The monoisotopic (exact) mass is 418 g/mol. The average Bonchev–Trinajstić information content (AvgIpc) is 3.14. The van der Waals surface area contributed by atoms with Gasteiger partial charge in [-0.3, -0.25) is 9.59 Å². The van der Waals surface area contributed by atoms with Gasteiger partial charge in [0.25, 0.3) is 0 Å². The third kappa shape index (κ3) is 4.99. The number of aryl methyl sites for hydroxylation is 2. The fourth-order valence-electron chi connectivity index (χ4n) is 3.81. The molecule has 2 amide bonds. The lowest BCUT2D eigenvalue weighted by Gasteiger charge is -2.32. The Balaban J connectivity index is 1.39. The third-order valence-electron chi connectivity index (χ3n) is 5.52. The van der Waals surface area contributed by atoms with E-state index in [0.29, 0.717) is 36.3 Å². The minimum atomic E-state index is -0.252. The van der Waals surface area contributed by atoms with E-state index in [2.05, 4.69) is 15.3 Å². The lowest BCUT2D eigenvalue weighted by Crippen LogP contribution is -2.44. The van der Waals surface area contributed by atoms with Crippen molar-refractivity contribution in [2.45, 2.75) is 33.1 Å². The minimum Gasteiger partial charge on any atom is -0.441 e. The maximum absolute atomic E-state index is 12.9. The van der Waals surface area contributed by atoms with Gasteiger partial charge in [0.05, 0.1) is 18.0 Å². The zero-order chi connectivity index (χ0) is 21.8. The van der Waals surface area contributed by atoms with E-state index < -0.39 is 0 Å². The summed E-state index contributed by atoms with van der Waals surface area (Å²) in [6.07, 6.45) is 1.71. The van der Waals surface area contributed by atoms with Crippen molar-refractivity contribution in [1.82, 2.24) is 14.9 Å². The van der Waals surface area contributed by atoms with Gasteiger partial charge in [0.2, 0.25) is 17.7 Å². The Morgan fingerprint density at radius 3 is 2.68 bits per heavy atom. The molecule has 7 heteroatoms. The van der Waals surface area contributed by atoms with Gasteiger partial charge < -0.3 is 14.6 Å². The normalized spacial score (nSPS) is 16.2. The molecule has 1 aromatic carbocycles. The number of piperidine rings is 1. The van der Waals surface area contributed by atoms with E-state index in [4.69, 9.17) is 4.42 Å². The van der Waals surface area contributed by atoms with Crippen LogP contribution in [0.25, 0.3) is 11.5 Å². The summed E-state index contributed by atoms with van der Waals surface area (Å²) in [5, 5.41) is 2.88. The zero-order valence-corrected chi connectivity index (χ0v) is 17.8. The second kappa shape index (κ2) is 9.12. The van der Waals surface area contributed by atoms with Crippen LogP contribution in [0, 0.1) is 19.8 Å². The van der Waals surface area contributed by atoms with Crippen LogP contribution < -0.4 is 5.32 Å². The highest BCUT2D eigenvalue weighted by Gasteiger charge is 2.29. The van der Waals surface area contributed by atoms with Gasteiger partial charge in [0.1, 0.15) is 11.6 Å². The first-order valence-electron chi connectivity index (χ1n) is 10.5. The number of nitrogens with one attached hydrogen (secondary N) is 1. The zero-order valence-electron chi connectivity index (χ0n) is 17.8. The van der Waals surface area contributed by atoms with Crippen molar-refractivity contribution in [3.63, 3.8) is 0 Å². The number of benzene rings is 1. The molecule has 3 aromatic rings. The topological polar surface area (TPSA) is 88.3 Å². The Kier molecular flexibility index (Phi) is 6.11. The van der Waals surface area contributed by atoms with Crippen molar-refractivity contribution in [2.24, 2.45) is 5.92 Å². The number of pyridine rings is 1. The number of rotatable bonds is 5. The van der Waals surface area contributed by atoms with Crippen molar-refractivity contribution in [1.29, 1.82) is 0 Å². The number of carbonyl (C=O) groups is 2. The van der Waals surface area contributed by atoms with Crippen LogP contribution in [0.4, 0.5) is 5.82 Å². The molecule has 1 atom stereocenters. The number of hydrogen-bond donors (Lipinski definition) is 1. The first kappa shape index (κ1) is 20.8. The van der Waals surface area contributed by atoms with E-state index in [9.17, 15) is 9.59 Å². The van der Waals surface area contributed by atoms with Crippen molar-refractivity contribution < 1.29 is 14.0 Å². The highest BCUT2D eigenvalue weighted by atomic mass is 16.4. The fourth-order valence-corrected chi connectivity index (χ4v) is 3.81. The Hall–Kier alpha value is -3.48. The molecule has 0 saturated carbocycles. The molecule has 1 fully saturated rings. The largest absolute Gasteiger partial charge is 0.441 e. The second-order valence-electron chi connectivity index (χ2n) is 7.90. The number of carbonyl (C=O) groups excluding carboxylic acids is 2. The predicted octanol–water partition coefficient (Wildman–Crippen LogP) is 3.77. The molecule has 1 saturated heterocycles. The van der Waals surface area contributed by atoms with Crippen LogP contribution in [-0.4, -0.2) is 39.8 Å². The molecule has 31 heavy (non-hydrogen) atoms. The van der Waals surface area contributed by atoms with E-state index in [1.165, 1.54) is 0 Å². The number of hydrogen-bond acceptors (Lipinski definition) is 5. The van der Waals surface area contributed by atoms with Crippen molar-refractivity contribution in [3.05, 3.63) is 65.7 Å². The van der Waals surface area contributed by atoms with E-state index in [-0.39, 0.29) is 24.2 Å². The molecule has 0 spiro atoms. The first-order chi connectivity index (χ1) is 15.0. The SMILES string of the molecule is Cc1cccc(NC(=O)C2CCCN(C(=O)Cc3nc(-c4ccccc4)oc3C)C2)n1. The summed E-state index contributed by atoms with van der Waals surface area (Å²) < 4.78 is 5.77. The van der Waals surface area contributed by atoms with Crippen LogP contribution in [0.1, 0.15) is 30.0 Å². The summed E-state index contributed by atoms with van der Waals surface area (Å²) in [5.74, 6) is 1.31. The van der Waals surface area contributed by atoms with Crippen molar-refractivity contribution >= 4 is 17.6 Å². The molecular weight excluding hydrogens is 392 g/mol. The van der Waals surface area contributed by atoms with E-state index in [1.807, 2.05) is 56.3 Å². The Bertz CT molecular complexity index is 1080. The Morgan fingerprint density at radius 2 is 1.90 bits per heavy atom. The van der Waals surface area contributed by atoms with Gasteiger partial charge in [-0.25, -0.2) is 9.97 Å². The van der Waals surface area contributed by atoms with Crippen LogP contribution >= 0.6 is 0 Å². The summed E-state index contributed by atoms with van der Waals surface area (Å²) in [7, 11) is 0. The summed E-state index contributed by atoms with van der Waals surface area (Å²) in [6.45, 7) is 4.75. The molecule has 0 aliphatic carbocycles. The molecule has 0 bridgehead atoms. The Morgan fingerprint density at radius 1 is 1.10 bits per heavy atom. The van der Waals surface area contributed by atoms with Crippen LogP contribution in [-0.2, 0) is 16.0 Å². The molecule has 160 valence electrons. The minimum absolute atomic E-state index is 0.0396. The fraction of sp³-hybridized carbons (Fsp3) is 0.333. The van der Waals surface area contributed by atoms with Crippen molar-refractivity contribution in [2.75, 3.05) is 18.4 Å². The van der Waals surface area contributed by atoms with Gasteiger partial charge in [-0.05, 0) is 51.0 Å². The van der Waals surface area contributed by atoms with Gasteiger partial charge in [-0.1, -0.05) is 24.3 Å². The Labute approximate surface area is 181 Å². The van der Waals surface area contributed by atoms with E-state index in [1.54, 1.807) is 11.0 Å². The molecule has 1 unspecified atom stereocenters. The van der Waals surface area contributed by atoms with Crippen molar-refractivity contribution in [3.8, 4) is 11.5 Å². The molecule has 0 radical (unpaired) electrons. The number of nitrogens with zero attached hydrogens (tertiary/aromatic N) is 3. The third-order valence-corrected chi connectivity index (χ3v) is 5.52. The summed E-state index contributed by atoms with van der Waals surface area (Å²) in [4.78, 5) is 36.3. The predicted molar refractivity (Wildman–Crippen MR) is 117 cm³/mol.